The van der Waals surface area contributed by atoms with Crippen molar-refractivity contribution in [2.24, 2.45) is 0 Å². The number of hydrogen-bond acceptors (Lipinski definition) is 10. The summed E-state index contributed by atoms with van der Waals surface area (Å²) in [5, 5.41) is 51.8. The lowest BCUT2D eigenvalue weighted by atomic mass is 9.87. The van der Waals surface area contributed by atoms with Crippen LogP contribution >= 0.6 is 0 Å². The maximum Gasteiger partial charge on any atom is 0.252 e. The molecular formula is C30H33F2N7O6. The third-order valence-electron chi connectivity index (χ3n) is 8.49. The van der Waals surface area contributed by atoms with Crippen LogP contribution in [-0.2, 0) is 14.3 Å². The summed E-state index contributed by atoms with van der Waals surface area (Å²) in [6.45, 7) is -0.605. The monoisotopic (exact) mass is 625 g/mol. The minimum atomic E-state index is -1.34. The molecule has 0 unspecified atom stereocenters. The van der Waals surface area contributed by atoms with Crippen molar-refractivity contribution >= 4 is 5.91 Å². The van der Waals surface area contributed by atoms with Gasteiger partial charge >= 0.3 is 0 Å². The second-order valence-corrected chi connectivity index (χ2v) is 11.2. The largest absolute Gasteiger partial charge is 0.394 e. The Bertz CT molecular complexity index is 1640. The highest BCUT2D eigenvalue weighted by molar-refractivity contribution is 5.82. The van der Waals surface area contributed by atoms with E-state index in [-0.39, 0.29) is 0 Å². The average Bonchev–Trinajstić information content (AvgIpc) is 3.72. The second kappa shape index (κ2) is 13.1. The zero-order valence-corrected chi connectivity index (χ0v) is 24.2. The van der Waals surface area contributed by atoms with E-state index in [4.69, 9.17) is 9.47 Å². The fourth-order valence-electron chi connectivity index (χ4n) is 6.26. The van der Waals surface area contributed by atoms with Crippen LogP contribution in [0.5, 0.6) is 0 Å². The molecule has 2 aliphatic rings. The molecule has 8 atom stereocenters. The van der Waals surface area contributed by atoms with Gasteiger partial charge in [-0.3, -0.25) is 4.79 Å². The van der Waals surface area contributed by atoms with Gasteiger partial charge in [-0.1, -0.05) is 34.7 Å². The number of aliphatic hydroxyl groups excluding tert-OH is 3. The van der Waals surface area contributed by atoms with Gasteiger partial charge in [-0.2, -0.15) is 0 Å². The molecule has 2 aromatic heterocycles. The Kier molecular flexibility index (Phi) is 8.96. The summed E-state index contributed by atoms with van der Waals surface area (Å²) >= 11 is 0. The summed E-state index contributed by atoms with van der Waals surface area (Å²) in [6, 6.07) is 9.46. The summed E-state index contributed by atoms with van der Waals surface area (Å²) in [7, 11) is 1.35. The lowest BCUT2D eigenvalue weighted by Crippen LogP contribution is -2.62. The van der Waals surface area contributed by atoms with Crippen molar-refractivity contribution in [3.05, 3.63) is 72.6 Å². The highest BCUT2D eigenvalue weighted by Gasteiger charge is 2.50. The molecule has 1 saturated carbocycles. The second-order valence-electron chi connectivity index (χ2n) is 11.2. The van der Waals surface area contributed by atoms with Crippen LogP contribution in [0.15, 0.2) is 60.9 Å². The van der Waals surface area contributed by atoms with Crippen molar-refractivity contribution in [1.82, 2.24) is 35.3 Å². The predicted octanol–water partition coefficient (Wildman–Crippen LogP) is 1.43. The number of carbonyl (C=O) groups is 1. The van der Waals surface area contributed by atoms with Crippen LogP contribution in [0.25, 0.3) is 22.5 Å². The van der Waals surface area contributed by atoms with Gasteiger partial charge in [-0.25, -0.2) is 18.1 Å². The third kappa shape index (κ3) is 6.09. The number of methoxy groups -OCH3 is 1. The molecular weight excluding hydrogens is 592 g/mol. The zero-order valence-electron chi connectivity index (χ0n) is 24.2. The number of hydrogen-bond donors (Lipinski definition) is 4. The first kappa shape index (κ1) is 30.9. The Morgan fingerprint density at radius 2 is 1.80 bits per heavy atom. The lowest BCUT2D eigenvalue weighted by Gasteiger charge is -2.43. The molecule has 13 nitrogen and oxygen atoms in total. The van der Waals surface area contributed by atoms with Gasteiger partial charge < -0.3 is 30.1 Å². The Hall–Kier alpha value is -4.15. The van der Waals surface area contributed by atoms with E-state index in [2.05, 4.69) is 25.9 Å². The standard InChI is InChI=1S/C30H33F2N7O6/c1-44-28-25(38-14-21(35-37-38)16-5-2-7-18(31)11-16)27(42)24(15-40)45-29(28)30(43)34-20-9-4-10-22(26(20)41)39-23(13-33-36-39)17-6-3-8-19(32)12-17/h2-3,5-8,11-14,20,22,24-29,40-42H,4,9-10,15H2,1H3,(H,34,43)/t20-,22+,24-,25+,26+,27+,28-,29-/m1/s1. The van der Waals surface area contributed by atoms with Crippen LogP contribution in [0.1, 0.15) is 31.3 Å². The fourth-order valence-corrected chi connectivity index (χ4v) is 6.26. The Morgan fingerprint density at radius 3 is 2.51 bits per heavy atom. The van der Waals surface area contributed by atoms with Crippen LogP contribution in [0.4, 0.5) is 8.78 Å². The number of nitrogens with zero attached hydrogens (tertiary/aromatic N) is 6. The van der Waals surface area contributed by atoms with Crippen molar-refractivity contribution in [2.45, 2.75) is 67.9 Å². The normalized spacial score (nSPS) is 28.6. The predicted molar refractivity (Wildman–Crippen MR) is 153 cm³/mol. The summed E-state index contributed by atoms with van der Waals surface area (Å²) in [5.41, 5.74) is 1.85. The molecule has 1 aliphatic carbocycles. The molecule has 4 aromatic rings. The number of halogens is 2. The van der Waals surface area contributed by atoms with E-state index in [0.717, 1.165) is 0 Å². The van der Waals surface area contributed by atoms with E-state index in [9.17, 15) is 28.9 Å². The zero-order chi connectivity index (χ0) is 31.7. The topological polar surface area (TPSA) is 170 Å². The minimum absolute atomic E-state index is 0.326. The maximum absolute atomic E-state index is 13.9. The average molecular weight is 626 g/mol. The summed E-state index contributed by atoms with van der Waals surface area (Å²) in [4.78, 5) is 13.8. The molecule has 1 saturated heterocycles. The van der Waals surface area contributed by atoms with Gasteiger partial charge in [0.05, 0.1) is 42.9 Å². The first-order valence-corrected chi connectivity index (χ1v) is 14.6. The van der Waals surface area contributed by atoms with Crippen molar-refractivity contribution < 1.29 is 38.4 Å². The van der Waals surface area contributed by atoms with Crippen molar-refractivity contribution in [3.8, 4) is 22.5 Å². The first-order valence-electron chi connectivity index (χ1n) is 14.6. The van der Waals surface area contributed by atoms with E-state index in [0.29, 0.717) is 41.8 Å². The molecule has 238 valence electrons. The lowest BCUT2D eigenvalue weighted by molar-refractivity contribution is -0.213. The van der Waals surface area contributed by atoms with Gasteiger partial charge in [0.2, 0.25) is 0 Å². The third-order valence-corrected chi connectivity index (χ3v) is 8.49. The minimum Gasteiger partial charge on any atom is -0.394 e. The number of ether oxygens (including phenoxy) is 2. The van der Waals surface area contributed by atoms with Crippen molar-refractivity contribution in [3.63, 3.8) is 0 Å². The van der Waals surface area contributed by atoms with Gasteiger partial charge in [-0.05, 0) is 43.5 Å². The van der Waals surface area contributed by atoms with Gasteiger partial charge in [0, 0.05) is 18.2 Å². The Labute approximate surface area is 256 Å². The molecule has 2 fully saturated rings. The molecule has 1 aliphatic heterocycles. The molecule has 0 spiro atoms. The molecule has 15 heteroatoms. The quantitative estimate of drug-likeness (QED) is 0.225. The van der Waals surface area contributed by atoms with Crippen LogP contribution in [-0.4, -0.2) is 101 Å². The van der Waals surface area contributed by atoms with Crippen molar-refractivity contribution in [2.75, 3.05) is 13.7 Å². The van der Waals surface area contributed by atoms with Crippen molar-refractivity contribution in [1.29, 1.82) is 0 Å². The molecule has 3 heterocycles. The molecule has 6 rings (SSSR count). The smallest absolute Gasteiger partial charge is 0.252 e. The number of aromatic nitrogens is 6. The van der Waals surface area contributed by atoms with Crippen LogP contribution < -0.4 is 5.32 Å². The summed E-state index contributed by atoms with van der Waals surface area (Å²) < 4.78 is 42.1. The SMILES string of the molecule is CO[C@@H]1[C@@H](n2cc(-c3cccc(F)c3)nn2)[C@@H](O)[C@@H](CO)O[C@H]1C(=O)N[C@@H]1CCC[C@H](n2nncc2-c2cccc(F)c2)[C@H]1O. The van der Waals surface area contributed by atoms with Gasteiger partial charge in [0.1, 0.15) is 41.7 Å². The van der Waals surface area contributed by atoms with E-state index in [1.54, 1.807) is 22.9 Å². The number of amides is 1. The highest BCUT2D eigenvalue weighted by Crippen LogP contribution is 2.35. The fraction of sp³-hybridized carbons (Fsp3) is 0.433. The number of carbonyl (C=O) groups excluding carboxylic acids is 1. The van der Waals surface area contributed by atoms with E-state index < -0.39 is 72.8 Å². The highest BCUT2D eigenvalue weighted by atomic mass is 19.1. The van der Waals surface area contributed by atoms with Gasteiger partial charge in [0.15, 0.2) is 6.10 Å². The van der Waals surface area contributed by atoms with Gasteiger partial charge in [-0.15, -0.1) is 10.2 Å². The molecule has 2 aromatic carbocycles. The molecule has 0 bridgehead atoms. The summed E-state index contributed by atoms with van der Waals surface area (Å²) in [5.74, 6) is -1.51. The Balaban J connectivity index is 1.22. The van der Waals surface area contributed by atoms with Crippen LogP contribution in [0.2, 0.25) is 0 Å². The Morgan fingerprint density at radius 1 is 1.07 bits per heavy atom. The maximum atomic E-state index is 13.9. The molecule has 4 N–H and O–H groups in total. The number of rotatable bonds is 8. The first-order chi connectivity index (χ1) is 21.8. The summed E-state index contributed by atoms with van der Waals surface area (Å²) in [6.07, 6.45) is -1.39. The van der Waals surface area contributed by atoms with E-state index in [1.165, 1.54) is 54.5 Å². The van der Waals surface area contributed by atoms with E-state index >= 15 is 0 Å². The molecule has 1 amide bonds. The molecule has 0 radical (unpaired) electrons. The van der Waals surface area contributed by atoms with Gasteiger partial charge in [0.25, 0.3) is 5.91 Å². The van der Waals surface area contributed by atoms with Crippen LogP contribution in [0, 0.1) is 11.6 Å². The molecule has 45 heavy (non-hydrogen) atoms. The van der Waals surface area contributed by atoms with Crippen LogP contribution in [0.3, 0.4) is 0 Å². The van der Waals surface area contributed by atoms with E-state index in [1.807, 2.05) is 0 Å². The number of aliphatic hydroxyl groups is 3. The number of benzene rings is 2. The number of nitrogens with one attached hydrogen (secondary N) is 1.